The van der Waals surface area contributed by atoms with Crippen LogP contribution in [0.15, 0.2) is 29.1 Å². The SMILES string of the molecule is Cc1[nH]c(C=C2C(=O)NN=C2c2ncccn2)c(C2CC2)c1CCN1CCCC1. The molecule has 0 bridgehead atoms. The fourth-order valence-electron chi connectivity index (χ4n) is 4.46. The number of carbonyl (C=O) groups excluding carboxylic acids is 1. The molecule has 2 fully saturated rings. The number of hydrogen-bond donors (Lipinski definition) is 2. The van der Waals surface area contributed by atoms with Crippen molar-refractivity contribution in [3.05, 3.63) is 52.4 Å². The quantitative estimate of drug-likeness (QED) is 0.742. The predicted octanol–water partition coefficient (Wildman–Crippen LogP) is 2.55. The molecule has 1 saturated heterocycles. The Bertz CT molecular complexity index is 980. The fraction of sp³-hybridized carbons (Fsp3) is 0.455. The van der Waals surface area contributed by atoms with Crippen LogP contribution in [0.1, 0.15) is 59.9 Å². The van der Waals surface area contributed by atoms with Crippen molar-refractivity contribution in [2.24, 2.45) is 5.10 Å². The van der Waals surface area contributed by atoms with Crippen LogP contribution in [0, 0.1) is 6.92 Å². The van der Waals surface area contributed by atoms with Gasteiger partial charge < -0.3 is 9.88 Å². The minimum atomic E-state index is -0.208. The first-order valence-corrected chi connectivity index (χ1v) is 10.5. The summed E-state index contributed by atoms with van der Waals surface area (Å²) in [5.74, 6) is 0.848. The van der Waals surface area contributed by atoms with E-state index in [1.54, 1.807) is 18.5 Å². The van der Waals surface area contributed by atoms with Gasteiger partial charge in [0.25, 0.3) is 5.91 Å². The summed E-state index contributed by atoms with van der Waals surface area (Å²) in [5, 5.41) is 4.18. The third-order valence-corrected chi connectivity index (χ3v) is 6.09. The number of nitrogens with zero attached hydrogens (tertiary/aromatic N) is 4. The van der Waals surface area contributed by atoms with Gasteiger partial charge in [-0.1, -0.05) is 0 Å². The molecule has 1 amide bonds. The molecule has 0 atom stereocenters. The second-order valence-electron chi connectivity index (χ2n) is 8.16. The van der Waals surface area contributed by atoms with E-state index in [0.717, 1.165) is 18.7 Å². The Labute approximate surface area is 170 Å². The van der Waals surface area contributed by atoms with E-state index in [1.165, 1.54) is 55.6 Å². The van der Waals surface area contributed by atoms with E-state index in [0.29, 0.717) is 23.0 Å². The molecule has 29 heavy (non-hydrogen) atoms. The predicted molar refractivity (Wildman–Crippen MR) is 112 cm³/mol. The first-order valence-electron chi connectivity index (χ1n) is 10.5. The molecule has 2 aromatic rings. The van der Waals surface area contributed by atoms with Crippen LogP contribution in [0.5, 0.6) is 0 Å². The van der Waals surface area contributed by atoms with Crippen LogP contribution >= 0.6 is 0 Å². The van der Waals surface area contributed by atoms with Crippen molar-refractivity contribution < 1.29 is 4.79 Å². The second-order valence-corrected chi connectivity index (χ2v) is 8.16. The lowest BCUT2D eigenvalue weighted by molar-refractivity contribution is -0.116. The smallest absolute Gasteiger partial charge is 0.273 e. The van der Waals surface area contributed by atoms with Gasteiger partial charge in [0.1, 0.15) is 5.71 Å². The normalized spacial score (nSPS) is 21.1. The first kappa shape index (κ1) is 18.2. The Morgan fingerprint density at radius 3 is 2.69 bits per heavy atom. The number of H-pyrrole nitrogens is 1. The lowest BCUT2D eigenvalue weighted by Crippen LogP contribution is -2.22. The van der Waals surface area contributed by atoms with Crippen molar-refractivity contribution in [3.63, 3.8) is 0 Å². The van der Waals surface area contributed by atoms with E-state index in [4.69, 9.17) is 0 Å². The third kappa shape index (κ3) is 3.62. The maximum Gasteiger partial charge on any atom is 0.273 e. The number of nitrogens with one attached hydrogen (secondary N) is 2. The summed E-state index contributed by atoms with van der Waals surface area (Å²) in [6.07, 6.45) is 11.4. The second kappa shape index (κ2) is 7.55. The standard InChI is InChI=1S/C22H26N6O/c1-14-16(7-12-28-10-2-3-11-28)19(15-5-6-15)18(25-14)13-17-20(26-27-22(17)29)21-23-8-4-9-24-21/h4,8-9,13,15,25H,2-3,5-7,10-12H2,1H3,(H,27,29). The van der Waals surface area contributed by atoms with Crippen LogP contribution < -0.4 is 5.43 Å². The minimum Gasteiger partial charge on any atom is -0.359 e. The molecule has 0 aromatic carbocycles. The topological polar surface area (TPSA) is 86.3 Å². The summed E-state index contributed by atoms with van der Waals surface area (Å²) >= 11 is 0. The molecule has 7 nitrogen and oxygen atoms in total. The Kier molecular flexibility index (Phi) is 4.75. The van der Waals surface area contributed by atoms with Crippen molar-refractivity contribution >= 4 is 17.7 Å². The Hall–Kier alpha value is -2.80. The van der Waals surface area contributed by atoms with Gasteiger partial charge in [-0.25, -0.2) is 15.4 Å². The van der Waals surface area contributed by atoms with Crippen LogP contribution in [-0.4, -0.2) is 51.1 Å². The molecule has 4 heterocycles. The zero-order chi connectivity index (χ0) is 19.8. The minimum absolute atomic E-state index is 0.208. The number of likely N-dealkylation sites (tertiary alicyclic amines) is 1. The number of aromatic nitrogens is 3. The highest BCUT2D eigenvalue weighted by molar-refractivity contribution is 6.32. The van der Waals surface area contributed by atoms with Crippen molar-refractivity contribution in [3.8, 4) is 0 Å². The fourth-order valence-corrected chi connectivity index (χ4v) is 4.46. The summed E-state index contributed by atoms with van der Waals surface area (Å²) in [6.45, 7) is 5.70. The number of aromatic amines is 1. The molecule has 2 N–H and O–H groups in total. The number of aryl methyl sites for hydroxylation is 1. The highest BCUT2D eigenvalue weighted by atomic mass is 16.2. The van der Waals surface area contributed by atoms with Gasteiger partial charge in [0, 0.05) is 30.3 Å². The summed E-state index contributed by atoms with van der Waals surface area (Å²) in [4.78, 5) is 27.1. The molecule has 5 rings (SSSR count). The molecule has 1 aliphatic carbocycles. The zero-order valence-electron chi connectivity index (χ0n) is 16.7. The summed E-state index contributed by atoms with van der Waals surface area (Å²) in [6, 6.07) is 1.75. The van der Waals surface area contributed by atoms with Crippen LogP contribution in [-0.2, 0) is 11.2 Å². The van der Waals surface area contributed by atoms with E-state index in [-0.39, 0.29) is 5.91 Å². The average Bonchev–Trinajstić information content (AvgIpc) is 3.16. The lowest BCUT2D eigenvalue weighted by Gasteiger charge is -2.15. The van der Waals surface area contributed by atoms with Gasteiger partial charge in [0.2, 0.25) is 0 Å². The highest BCUT2D eigenvalue weighted by Gasteiger charge is 2.32. The average molecular weight is 390 g/mol. The van der Waals surface area contributed by atoms with Crippen LogP contribution in [0.25, 0.3) is 6.08 Å². The van der Waals surface area contributed by atoms with Crippen LogP contribution in [0.2, 0.25) is 0 Å². The van der Waals surface area contributed by atoms with Gasteiger partial charge in [-0.05, 0) is 81.3 Å². The number of amides is 1. The van der Waals surface area contributed by atoms with Crippen LogP contribution in [0.3, 0.4) is 0 Å². The highest BCUT2D eigenvalue weighted by Crippen LogP contribution is 2.45. The van der Waals surface area contributed by atoms with Gasteiger partial charge >= 0.3 is 0 Å². The maximum absolute atomic E-state index is 12.5. The van der Waals surface area contributed by atoms with E-state index in [2.05, 4.69) is 37.3 Å². The van der Waals surface area contributed by atoms with Crippen molar-refractivity contribution in [2.45, 2.75) is 44.9 Å². The molecule has 0 unspecified atom stereocenters. The van der Waals surface area contributed by atoms with Gasteiger partial charge in [-0.3, -0.25) is 4.79 Å². The summed E-state index contributed by atoms with van der Waals surface area (Å²) in [7, 11) is 0. The van der Waals surface area contributed by atoms with Crippen molar-refractivity contribution in [2.75, 3.05) is 19.6 Å². The van der Waals surface area contributed by atoms with Gasteiger partial charge in [0.05, 0.1) is 5.57 Å². The summed E-state index contributed by atoms with van der Waals surface area (Å²) in [5.41, 5.74) is 8.66. The van der Waals surface area contributed by atoms with Gasteiger partial charge in [-0.2, -0.15) is 5.10 Å². The molecular formula is C22H26N6O. The van der Waals surface area contributed by atoms with Crippen LogP contribution in [0.4, 0.5) is 0 Å². The monoisotopic (exact) mass is 390 g/mol. The van der Waals surface area contributed by atoms with Gasteiger partial charge in [-0.15, -0.1) is 0 Å². The Morgan fingerprint density at radius 2 is 1.97 bits per heavy atom. The van der Waals surface area contributed by atoms with Crippen molar-refractivity contribution in [1.82, 2.24) is 25.3 Å². The number of hydrazone groups is 1. The molecule has 2 aromatic heterocycles. The van der Waals surface area contributed by atoms with Crippen molar-refractivity contribution in [1.29, 1.82) is 0 Å². The molecule has 7 heteroatoms. The van der Waals surface area contributed by atoms with E-state index >= 15 is 0 Å². The Morgan fingerprint density at radius 1 is 1.21 bits per heavy atom. The molecule has 0 spiro atoms. The largest absolute Gasteiger partial charge is 0.359 e. The van der Waals surface area contributed by atoms with E-state index < -0.39 is 0 Å². The Balaban J connectivity index is 1.48. The molecular weight excluding hydrogens is 364 g/mol. The number of hydrogen-bond acceptors (Lipinski definition) is 5. The molecule has 150 valence electrons. The van der Waals surface area contributed by atoms with Gasteiger partial charge in [0.15, 0.2) is 5.82 Å². The lowest BCUT2D eigenvalue weighted by atomic mass is 9.99. The molecule has 0 radical (unpaired) electrons. The maximum atomic E-state index is 12.5. The zero-order valence-corrected chi connectivity index (χ0v) is 16.7. The first-order chi connectivity index (χ1) is 14.2. The van der Waals surface area contributed by atoms with E-state index in [9.17, 15) is 4.79 Å². The molecule has 2 aliphatic heterocycles. The number of rotatable bonds is 6. The molecule has 1 saturated carbocycles. The summed E-state index contributed by atoms with van der Waals surface area (Å²) < 4.78 is 0. The number of carbonyl (C=O) groups is 1. The van der Waals surface area contributed by atoms with E-state index in [1.807, 2.05) is 6.08 Å². The molecule has 3 aliphatic rings. The third-order valence-electron chi connectivity index (χ3n) is 6.09.